The number of fused-ring (bicyclic) bond motifs is 2. The van der Waals surface area contributed by atoms with E-state index in [1.165, 1.54) is 0 Å². The van der Waals surface area contributed by atoms with Crippen molar-refractivity contribution in [3.05, 3.63) is 132 Å². The van der Waals surface area contributed by atoms with Gasteiger partial charge in [0.1, 0.15) is 6.04 Å². The van der Waals surface area contributed by atoms with E-state index in [-0.39, 0.29) is 6.42 Å². The maximum absolute atomic E-state index is 13.4. The Morgan fingerprint density at radius 3 is 1.80 bits per heavy atom. The van der Waals surface area contributed by atoms with Crippen molar-refractivity contribution >= 4 is 39.3 Å². The first-order valence-corrected chi connectivity index (χ1v) is 13.0. The number of nitrogens with two attached hydrogens (primary N) is 1. The standard InChI is InChI=1S/C33H29N3O4/c34-31(38)28(20-27-25-17-9-7-15-23(25)19-24-16-8-10-18-26(24)27)35-33(40)30(37)29(21-11-3-1-4-12-21)36-32(39)22-13-5-2-6-14-22/h1-19,28-30,37H,20H2,(H2,34,38)(H,35,40)(H,36,39)/t28-,29+,30-/m1/s1. The maximum Gasteiger partial charge on any atom is 0.252 e. The van der Waals surface area contributed by atoms with Crippen molar-refractivity contribution in [2.75, 3.05) is 0 Å². The largest absolute Gasteiger partial charge is 0.381 e. The third kappa shape index (κ3) is 5.70. The number of carbonyl (C=O) groups excluding carboxylic acids is 3. The fraction of sp³-hybridized carbons (Fsp3) is 0.121. The lowest BCUT2D eigenvalue weighted by molar-refractivity contribution is -0.134. The smallest absolute Gasteiger partial charge is 0.252 e. The normalized spacial score (nSPS) is 13.3. The summed E-state index contributed by atoms with van der Waals surface area (Å²) in [7, 11) is 0. The average molecular weight is 532 g/mol. The highest BCUT2D eigenvalue weighted by molar-refractivity contribution is 6.03. The molecule has 5 aromatic carbocycles. The van der Waals surface area contributed by atoms with Crippen molar-refractivity contribution in [3.8, 4) is 0 Å². The van der Waals surface area contributed by atoms with E-state index in [4.69, 9.17) is 5.73 Å². The highest BCUT2D eigenvalue weighted by Gasteiger charge is 2.32. The minimum atomic E-state index is -1.69. The molecule has 5 aromatic rings. The molecule has 7 heteroatoms. The van der Waals surface area contributed by atoms with Crippen LogP contribution in [0, 0.1) is 0 Å². The second kappa shape index (κ2) is 11.8. The number of hydrogen-bond donors (Lipinski definition) is 4. The van der Waals surface area contributed by atoms with E-state index in [1.807, 2.05) is 48.5 Å². The number of carbonyl (C=O) groups is 3. The van der Waals surface area contributed by atoms with Crippen molar-refractivity contribution in [1.29, 1.82) is 0 Å². The van der Waals surface area contributed by atoms with E-state index < -0.39 is 35.9 Å². The molecular weight excluding hydrogens is 502 g/mol. The lowest BCUT2D eigenvalue weighted by Gasteiger charge is -2.26. The Bertz CT molecular complexity index is 1620. The van der Waals surface area contributed by atoms with E-state index in [0.717, 1.165) is 27.1 Å². The van der Waals surface area contributed by atoms with E-state index in [2.05, 4.69) is 16.7 Å². The van der Waals surface area contributed by atoms with Gasteiger partial charge in [0.2, 0.25) is 5.91 Å². The second-order valence-corrected chi connectivity index (χ2v) is 9.64. The van der Waals surface area contributed by atoms with E-state index >= 15 is 0 Å². The summed E-state index contributed by atoms with van der Waals surface area (Å²) in [4.78, 5) is 38.9. The molecule has 5 rings (SSSR count). The third-order valence-corrected chi connectivity index (χ3v) is 7.02. The summed E-state index contributed by atoms with van der Waals surface area (Å²) >= 11 is 0. The molecule has 0 fully saturated rings. The van der Waals surface area contributed by atoms with Gasteiger partial charge in [-0.05, 0) is 50.9 Å². The Kier molecular flexibility index (Phi) is 7.84. The first kappa shape index (κ1) is 26.6. The number of aliphatic hydroxyl groups excluding tert-OH is 1. The molecular formula is C33H29N3O4. The van der Waals surface area contributed by atoms with Crippen LogP contribution in [0.4, 0.5) is 0 Å². The summed E-state index contributed by atoms with van der Waals surface area (Å²) in [6.07, 6.45) is -1.57. The highest BCUT2D eigenvalue weighted by atomic mass is 16.3. The number of aliphatic hydroxyl groups is 1. The zero-order chi connectivity index (χ0) is 28.1. The van der Waals surface area contributed by atoms with Crippen LogP contribution in [0.5, 0.6) is 0 Å². The summed E-state index contributed by atoms with van der Waals surface area (Å²) < 4.78 is 0. The Morgan fingerprint density at radius 1 is 0.700 bits per heavy atom. The Labute approximate surface area is 231 Å². The van der Waals surface area contributed by atoms with Crippen LogP contribution in [-0.4, -0.2) is 35.0 Å². The average Bonchev–Trinajstić information content (AvgIpc) is 2.99. The number of benzene rings is 5. The Balaban J connectivity index is 1.43. The zero-order valence-electron chi connectivity index (χ0n) is 21.7. The molecule has 3 atom stereocenters. The predicted molar refractivity (Wildman–Crippen MR) is 155 cm³/mol. The molecule has 7 nitrogen and oxygen atoms in total. The summed E-state index contributed by atoms with van der Waals surface area (Å²) in [5.74, 6) is -2.01. The first-order chi connectivity index (χ1) is 19.4. The molecule has 200 valence electrons. The van der Waals surface area contributed by atoms with Crippen molar-refractivity contribution in [3.63, 3.8) is 0 Å². The van der Waals surface area contributed by atoms with Gasteiger partial charge in [-0.15, -0.1) is 0 Å². The van der Waals surface area contributed by atoms with Gasteiger partial charge in [-0.1, -0.05) is 97.1 Å². The van der Waals surface area contributed by atoms with Crippen LogP contribution in [0.25, 0.3) is 21.5 Å². The minimum Gasteiger partial charge on any atom is -0.381 e. The van der Waals surface area contributed by atoms with Gasteiger partial charge in [0.15, 0.2) is 6.10 Å². The molecule has 0 saturated heterocycles. The van der Waals surface area contributed by atoms with Crippen LogP contribution in [0.3, 0.4) is 0 Å². The molecule has 0 bridgehead atoms. The van der Waals surface area contributed by atoms with Crippen molar-refractivity contribution in [2.45, 2.75) is 24.6 Å². The van der Waals surface area contributed by atoms with Crippen molar-refractivity contribution in [2.24, 2.45) is 5.73 Å². The van der Waals surface area contributed by atoms with Crippen LogP contribution >= 0.6 is 0 Å². The van der Waals surface area contributed by atoms with Crippen LogP contribution in [0.15, 0.2) is 115 Å². The predicted octanol–water partition coefficient (Wildman–Crippen LogP) is 4.04. The monoisotopic (exact) mass is 531 g/mol. The van der Waals surface area contributed by atoms with Gasteiger partial charge in [-0.25, -0.2) is 0 Å². The number of hydrogen-bond acceptors (Lipinski definition) is 4. The third-order valence-electron chi connectivity index (χ3n) is 7.02. The molecule has 40 heavy (non-hydrogen) atoms. The zero-order valence-corrected chi connectivity index (χ0v) is 21.7. The molecule has 0 radical (unpaired) electrons. The fourth-order valence-corrected chi connectivity index (χ4v) is 4.98. The lowest BCUT2D eigenvalue weighted by atomic mass is 9.92. The molecule has 5 N–H and O–H groups in total. The molecule has 0 spiro atoms. The first-order valence-electron chi connectivity index (χ1n) is 13.0. The van der Waals surface area contributed by atoms with Crippen LogP contribution in [0.2, 0.25) is 0 Å². The Morgan fingerprint density at radius 2 is 1.23 bits per heavy atom. The van der Waals surface area contributed by atoms with E-state index in [0.29, 0.717) is 11.1 Å². The maximum atomic E-state index is 13.4. The molecule has 0 unspecified atom stereocenters. The quantitative estimate of drug-likeness (QED) is 0.215. The number of rotatable bonds is 9. The SMILES string of the molecule is NC(=O)[C@@H](Cc1c2ccccc2cc2ccccc12)NC(=O)[C@H](O)[C@@H](NC(=O)c1ccccc1)c1ccccc1. The second-order valence-electron chi connectivity index (χ2n) is 9.64. The molecule has 0 aromatic heterocycles. The molecule has 0 saturated carbocycles. The minimum absolute atomic E-state index is 0.127. The van der Waals surface area contributed by atoms with Gasteiger partial charge in [0, 0.05) is 12.0 Å². The number of primary amides is 1. The molecule has 0 aliphatic rings. The molecule has 3 amide bonds. The van der Waals surface area contributed by atoms with Gasteiger partial charge < -0.3 is 21.5 Å². The topological polar surface area (TPSA) is 122 Å². The van der Waals surface area contributed by atoms with Gasteiger partial charge in [-0.2, -0.15) is 0 Å². The summed E-state index contributed by atoms with van der Waals surface area (Å²) in [5, 5.41) is 20.5. The summed E-state index contributed by atoms with van der Waals surface area (Å²) in [6.45, 7) is 0. The Hall–Kier alpha value is -5.01. The number of nitrogens with one attached hydrogen (secondary N) is 2. The van der Waals surface area contributed by atoms with Gasteiger partial charge >= 0.3 is 0 Å². The van der Waals surface area contributed by atoms with Crippen LogP contribution in [-0.2, 0) is 16.0 Å². The molecule has 0 heterocycles. The van der Waals surface area contributed by atoms with Crippen LogP contribution < -0.4 is 16.4 Å². The lowest BCUT2D eigenvalue weighted by Crippen LogP contribution is -2.52. The highest BCUT2D eigenvalue weighted by Crippen LogP contribution is 2.29. The van der Waals surface area contributed by atoms with Crippen molar-refractivity contribution < 1.29 is 19.5 Å². The van der Waals surface area contributed by atoms with E-state index in [1.54, 1.807) is 60.7 Å². The number of amides is 3. The molecule has 0 aliphatic carbocycles. The summed E-state index contributed by atoms with van der Waals surface area (Å²) in [5.41, 5.74) is 7.54. The summed E-state index contributed by atoms with van der Waals surface area (Å²) in [6, 6.07) is 32.8. The van der Waals surface area contributed by atoms with Gasteiger partial charge in [0.05, 0.1) is 6.04 Å². The molecule has 0 aliphatic heterocycles. The van der Waals surface area contributed by atoms with E-state index in [9.17, 15) is 19.5 Å². The fourth-order valence-electron chi connectivity index (χ4n) is 4.98. The van der Waals surface area contributed by atoms with Crippen molar-refractivity contribution in [1.82, 2.24) is 10.6 Å². The van der Waals surface area contributed by atoms with Crippen LogP contribution in [0.1, 0.15) is 27.5 Å². The van der Waals surface area contributed by atoms with Gasteiger partial charge in [-0.3, -0.25) is 14.4 Å². The van der Waals surface area contributed by atoms with Gasteiger partial charge in [0.25, 0.3) is 11.8 Å².